The van der Waals surface area contributed by atoms with Crippen LogP contribution in [0.25, 0.3) is 0 Å². The zero-order valence-electron chi connectivity index (χ0n) is 20.5. The molecule has 2 fully saturated rings. The number of aromatic nitrogens is 1. The number of hydrogen-bond acceptors (Lipinski definition) is 7. The van der Waals surface area contributed by atoms with E-state index >= 15 is 0 Å². The van der Waals surface area contributed by atoms with E-state index in [0.717, 1.165) is 57.8 Å². The number of hydrogen-bond donors (Lipinski definition) is 2. The summed E-state index contributed by atoms with van der Waals surface area (Å²) in [4.78, 5) is 11.1. The third kappa shape index (κ3) is 7.78. The van der Waals surface area contributed by atoms with Gasteiger partial charge in [0.2, 0.25) is 5.90 Å². The SMILES string of the molecule is CC.CC.COc1cc(C(=N)OC(=N)N2CCC(N3CCN(C)CC3)CC2)cnc1C. The van der Waals surface area contributed by atoms with Crippen molar-refractivity contribution in [1.82, 2.24) is 19.7 Å². The number of pyridine rings is 1. The average molecular weight is 435 g/mol. The molecule has 8 heteroatoms. The lowest BCUT2D eigenvalue weighted by atomic mass is 10.0. The molecule has 176 valence electrons. The largest absolute Gasteiger partial charge is 0.495 e. The van der Waals surface area contributed by atoms with Crippen LogP contribution in [0.4, 0.5) is 0 Å². The second-order valence-corrected chi connectivity index (χ2v) is 7.31. The van der Waals surface area contributed by atoms with Gasteiger partial charge in [-0.15, -0.1) is 0 Å². The lowest BCUT2D eigenvalue weighted by molar-refractivity contribution is 0.0786. The number of nitrogens with one attached hydrogen (secondary N) is 2. The predicted octanol–water partition coefficient (Wildman–Crippen LogP) is 3.44. The van der Waals surface area contributed by atoms with Crippen molar-refractivity contribution in [3.8, 4) is 5.75 Å². The summed E-state index contributed by atoms with van der Waals surface area (Å²) in [5.41, 5.74) is 1.27. The van der Waals surface area contributed by atoms with E-state index in [-0.39, 0.29) is 11.9 Å². The van der Waals surface area contributed by atoms with Gasteiger partial charge in [0.05, 0.1) is 18.4 Å². The van der Waals surface area contributed by atoms with Crippen LogP contribution in [0.15, 0.2) is 12.3 Å². The number of methoxy groups -OCH3 is 1. The van der Waals surface area contributed by atoms with E-state index in [4.69, 9.17) is 20.3 Å². The van der Waals surface area contributed by atoms with Gasteiger partial charge in [-0.1, -0.05) is 27.7 Å². The van der Waals surface area contributed by atoms with Gasteiger partial charge < -0.3 is 19.3 Å². The number of likely N-dealkylation sites (N-methyl/N-ethyl adjacent to an activating group) is 1. The lowest BCUT2D eigenvalue weighted by Gasteiger charge is -2.42. The molecule has 3 heterocycles. The van der Waals surface area contributed by atoms with E-state index in [1.165, 1.54) is 0 Å². The van der Waals surface area contributed by atoms with E-state index in [1.54, 1.807) is 19.4 Å². The Morgan fingerprint density at radius 3 is 2.13 bits per heavy atom. The van der Waals surface area contributed by atoms with Crippen LogP contribution in [-0.2, 0) is 4.74 Å². The summed E-state index contributed by atoms with van der Waals surface area (Å²) < 4.78 is 10.7. The van der Waals surface area contributed by atoms with Crippen LogP contribution in [0.3, 0.4) is 0 Å². The Hall–Kier alpha value is -2.19. The molecule has 3 rings (SSSR count). The fourth-order valence-electron chi connectivity index (χ4n) is 3.69. The van der Waals surface area contributed by atoms with Gasteiger partial charge in [0, 0.05) is 51.5 Å². The number of piperidine rings is 1. The van der Waals surface area contributed by atoms with Gasteiger partial charge in [-0.3, -0.25) is 20.7 Å². The Balaban J connectivity index is 0.00000113. The third-order valence-electron chi connectivity index (χ3n) is 5.53. The topological polar surface area (TPSA) is 88.8 Å². The number of rotatable bonds is 3. The highest BCUT2D eigenvalue weighted by molar-refractivity contribution is 5.98. The summed E-state index contributed by atoms with van der Waals surface area (Å²) >= 11 is 0. The van der Waals surface area contributed by atoms with Gasteiger partial charge in [-0.25, -0.2) is 0 Å². The number of piperazine rings is 1. The molecular weight excluding hydrogens is 392 g/mol. The maximum Gasteiger partial charge on any atom is 0.291 e. The van der Waals surface area contributed by atoms with Crippen LogP contribution < -0.4 is 4.74 Å². The smallest absolute Gasteiger partial charge is 0.291 e. The third-order valence-corrected chi connectivity index (χ3v) is 5.53. The van der Waals surface area contributed by atoms with Gasteiger partial charge in [0.25, 0.3) is 6.02 Å². The summed E-state index contributed by atoms with van der Waals surface area (Å²) in [5.74, 6) is 0.535. The molecular formula is C23H42N6O2. The van der Waals surface area contributed by atoms with Gasteiger partial charge in [0.1, 0.15) is 5.75 Å². The second-order valence-electron chi connectivity index (χ2n) is 7.31. The first kappa shape index (κ1) is 26.8. The number of aryl methyl sites for hydroxylation is 1. The van der Waals surface area contributed by atoms with Crippen LogP contribution in [-0.4, -0.2) is 91.1 Å². The molecule has 0 saturated carbocycles. The van der Waals surface area contributed by atoms with Gasteiger partial charge in [0.15, 0.2) is 0 Å². The first-order chi connectivity index (χ1) is 15.0. The maximum absolute atomic E-state index is 8.23. The summed E-state index contributed by atoms with van der Waals surface area (Å²) in [6, 6.07) is 2.35. The van der Waals surface area contributed by atoms with E-state index < -0.39 is 0 Å². The van der Waals surface area contributed by atoms with Crippen LogP contribution in [0.2, 0.25) is 0 Å². The van der Waals surface area contributed by atoms with Crippen molar-refractivity contribution < 1.29 is 9.47 Å². The monoisotopic (exact) mass is 434 g/mol. The molecule has 0 unspecified atom stereocenters. The molecule has 0 amide bonds. The molecule has 0 aromatic carbocycles. The highest BCUT2D eigenvalue weighted by atomic mass is 16.5. The second kappa shape index (κ2) is 14.0. The van der Waals surface area contributed by atoms with Crippen LogP contribution in [0, 0.1) is 17.7 Å². The van der Waals surface area contributed by atoms with E-state index in [2.05, 4.69) is 21.8 Å². The van der Waals surface area contributed by atoms with Crippen LogP contribution in [0.5, 0.6) is 5.75 Å². The fraction of sp³-hybridized carbons (Fsp3) is 0.696. The number of amidine groups is 1. The molecule has 0 atom stereocenters. The van der Waals surface area contributed by atoms with E-state index in [9.17, 15) is 0 Å². The summed E-state index contributed by atoms with van der Waals surface area (Å²) in [6.45, 7) is 15.9. The number of ether oxygens (including phenoxy) is 2. The molecule has 1 aromatic heterocycles. The van der Waals surface area contributed by atoms with Crippen molar-refractivity contribution in [3.63, 3.8) is 0 Å². The molecule has 8 nitrogen and oxygen atoms in total. The molecule has 2 aliphatic heterocycles. The Morgan fingerprint density at radius 1 is 1.00 bits per heavy atom. The summed E-state index contributed by atoms with van der Waals surface area (Å²) in [7, 11) is 3.75. The molecule has 0 bridgehead atoms. The first-order valence-corrected chi connectivity index (χ1v) is 11.5. The molecule has 1 aromatic rings. The predicted molar refractivity (Wildman–Crippen MR) is 128 cm³/mol. The minimum absolute atomic E-state index is 0.0383. The minimum Gasteiger partial charge on any atom is -0.495 e. The molecule has 2 saturated heterocycles. The van der Waals surface area contributed by atoms with E-state index in [1.807, 2.05) is 39.5 Å². The van der Waals surface area contributed by atoms with Gasteiger partial charge in [-0.05, 0) is 32.9 Å². The van der Waals surface area contributed by atoms with E-state index in [0.29, 0.717) is 17.4 Å². The number of likely N-dealkylation sites (tertiary alicyclic amines) is 1. The molecule has 0 radical (unpaired) electrons. The highest BCUT2D eigenvalue weighted by Crippen LogP contribution is 2.20. The van der Waals surface area contributed by atoms with Crippen molar-refractivity contribution in [2.45, 2.75) is 53.5 Å². The molecule has 31 heavy (non-hydrogen) atoms. The van der Waals surface area contributed by atoms with Gasteiger partial charge in [-0.2, -0.15) is 0 Å². The molecule has 2 N–H and O–H groups in total. The van der Waals surface area contributed by atoms with Crippen molar-refractivity contribution in [3.05, 3.63) is 23.5 Å². The molecule has 2 aliphatic rings. The van der Waals surface area contributed by atoms with Crippen molar-refractivity contribution in [2.24, 2.45) is 0 Å². The maximum atomic E-state index is 8.23. The molecule has 0 aliphatic carbocycles. The van der Waals surface area contributed by atoms with Crippen molar-refractivity contribution in [1.29, 1.82) is 10.8 Å². The fourth-order valence-corrected chi connectivity index (χ4v) is 3.69. The quantitative estimate of drug-likeness (QED) is 0.560. The first-order valence-electron chi connectivity index (χ1n) is 11.5. The van der Waals surface area contributed by atoms with Crippen molar-refractivity contribution in [2.75, 3.05) is 53.4 Å². The average Bonchev–Trinajstić information content (AvgIpc) is 2.82. The van der Waals surface area contributed by atoms with Gasteiger partial charge >= 0.3 is 0 Å². The zero-order chi connectivity index (χ0) is 23.4. The highest BCUT2D eigenvalue weighted by Gasteiger charge is 2.28. The number of nitrogens with zero attached hydrogens (tertiary/aromatic N) is 4. The Kier molecular flexibility index (Phi) is 12.1. The molecule has 0 spiro atoms. The summed E-state index contributed by atoms with van der Waals surface area (Å²) in [6.07, 6.45) is 3.64. The Bertz CT molecular complexity index is 681. The Morgan fingerprint density at radius 2 is 1.58 bits per heavy atom. The lowest BCUT2D eigenvalue weighted by Crippen LogP contribution is -2.53. The standard InChI is InChI=1S/C19H30N6O2.2C2H6/c1-14-17(26-3)12-15(13-22-14)18(20)27-19(21)25-6-4-16(5-7-25)24-10-8-23(2)9-11-24;2*1-2/h12-13,16,20-21H,4-11H2,1-3H3;2*1-2H3. The minimum atomic E-state index is -0.0769. The van der Waals surface area contributed by atoms with Crippen LogP contribution in [0.1, 0.15) is 51.8 Å². The Labute approximate surface area is 188 Å². The normalized spacial score (nSPS) is 17.6. The zero-order valence-corrected chi connectivity index (χ0v) is 20.5. The van der Waals surface area contributed by atoms with Crippen LogP contribution >= 0.6 is 0 Å². The van der Waals surface area contributed by atoms with Crippen molar-refractivity contribution >= 4 is 11.9 Å². The summed E-state index contributed by atoms with van der Waals surface area (Å²) in [5, 5.41) is 16.4.